The Kier molecular flexibility index (Phi) is 10.6. The molecule has 0 amide bonds. The second kappa shape index (κ2) is 10.1. The van der Waals surface area contributed by atoms with Crippen LogP contribution in [-0.4, -0.2) is 16.6 Å². The van der Waals surface area contributed by atoms with Gasteiger partial charge in [0.2, 0.25) is 0 Å². The van der Waals surface area contributed by atoms with Crippen LogP contribution in [0.1, 0.15) is 51.4 Å². The summed E-state index contributed by atoms with van der Waals surface area (Å²) < 4.78 is 0. The molecule has 0 aliphatic rings. The van der Waals surface area contributed by atoms with Crippen molar-refractivity contribution >= 4 is 34.8 Å². The minimum absolute atomic E-state index is 0.0557. The second-order valence-electron chi connectivity index (χ2n) is 4.05. The molecule has 0 N–H and O–H groups in total. The Balaban J connectivity index is 3.83. The largest absolute Gasteiger partial charge is 0.127 e. The molecular weight excluding hydrogens is 250 g/mol. The maximum absolute atomic E-state index is 6.58. The van der Waals surface area contributed by atoms with Crippen molar-refractivity contribution in [1.29, 1.82) is 0 Å². The molecule has 0 spiro atoms. The first-order valence-corrected chi connectivity index (χ1v) is 7.23. The smallest absolute Gasteiger partial charge is 0.0446 e. The van der Waals surface area contributed by atoms with Gasteiger partial charge in [-0.2, -0.15) is 0 Å². The van der Waals surface area contributed by atoms with E-state index in [9.17, 15) is 0 Å². The normalized spacial score (nSPS) is 12.0. The summed E-state index contributed by atoms with van der Waals surface area (Å²) in [5.41, 5.74) is 0. The molecule has 91 valence electrons. The molecule has 0 heterocycles. The van der Waals surface area contributed by atoms with Crippen LogP contribution >= 0.6 is 34.8 Å². The van der Waals surface area contributed by atoms with Crippen LogP contribution in [0.3, 0.4) is 0 Å². The average Bonchev–Trinajstić information content (AvgIpc) is 2.19. The number of hydrogen-bond acceptors (Lipinski definition) is 0. The fraction of sp³-hybridized carbons (Fsp3) is 0.917. The Hall–Kier alpha value is 0.870. The molecule has 0 saturated carbocycles. The molecule has 0 aromatic rings. The highest BCUT2D eigenvalue weighted by molar-refractivity contribution is 6.23. The summed E-state index contributed by atoms with van der Waals surface area (Å²) in [6.45, 7) is 3.89. The van der Waals surface area contributed by atoms with E-state index in [1.54, 1.807) is 0 Å². The van der Waals surface area contributed by atoms with Gasteiger partial charge in [-0.1, -0.05) is 26.2 Å². The van der Waals surface area contributed by atoms with Gasteiger partial charge in [-0.3, -0.25) is 0 Å². The summed E-state index contributed by atoms with van der Waals surface area (Å²) >= 11 is 17.9. The number of unbranched alkanes of at least 4 members (excludes halogenated alkanes) is 2. The van der Waals surface area contributed by atoms with E-state index in [1.807, 2.05) is 0 Å². The highest BCUT2D eigenvalue weighted by Gasteiger charge is 2.24. The molecule has 3 heteroatoms. The van der Waals surface area contributed by atoms with Crippen molar-refractivity contribution < 1.29 is 0 Å². The van der Waals surface area contributed by atoms with Gasteiger partial charge < -0.3 is 0 Å². The SMILES string of the molecule is [CH2]CCC(Cl)(CCCCCl)CCCCCl. The van der Waals surface area contributed by atoms with E-state index in [1.165, 1.54) is 0 Å². The lowest BCUT2D eigenvalue weighted by molar-refractivity contribution is 0.431. The van der Waals surface area contributed by atoms with Gasteiger partial charge in [0.15, 0.2) is 0 Å². The van der Waals surface area contributed by atoms with Crippen LogP contribution in [0.15, 0.2) is 0 Å². The lowest BCUT2D eigenvalue weighted by atomic mass is 9.91. The van der Waals surface area contributed by atoms with Crippen molar-refractivity contribution in [2.75, 3.05) is 11.8 Å². The molecule has 0 unspecified atom stereocenters. The summed E-state index contributed by atoms with van der Waals surface area (Å²) in [5.74, 6) is 1.47. The molecule has 15 heavy (non-hydrogen) atoms. The molecule has 1 radical (unpaired) electrons. The third-order valence-electron chi connectivity index (χ3n) is 2.64. The van der Waals surface area contributed by atoms with Crippen molar-refractivity contribution in [2.24, 2.45) is 0 Å². The van der Waals surface area contributed by atoms with Crippen LogP contribution < -0.4 is 0 Å². The zero-order valence-corrected chi connectivity index (χ0v) is 11.7. The van der Waals surface area contributed by atoms with Gasteiger partial charge in [-0.05, 0) is 32.1 Å². The van der Waals surface area contributed by atoms with Crippen LogP contribution in [-0.2, 0) is 0 Å². The Morgan fingerprint density at radius 3 is 1.60 bits per heavy atom. The third kappa shape index (κ3) is 8.65. The number of hydrogen-bond donors (Lipinski definition) is 0. The molecule has 0 bridgehead atoms. The zero-order valence-electron chi connectivity index (χ0n) is 9.41. The van der Waals surface area contributed by atoms with E-state index in [2.05, 4.69) is 6.92 Å². The summed E-state index contributed by atoms with van der Waals surface area (Å²) in [6.07, 6.45) is 8.37. The van der Waals surface area contributed by atoms with E-state index >= 15 is 0 Å². The quantitative estimate of drug-likeness (QED) is 0.369. The monoisotopic (exact) mass is 271 g/mol. The lowest BCUT2D eigenvalue weighted by Gasteiger charge is -2.26. The first kappa shape index (κ1) is 15.9. The molecule has 0 saturated heterocycles. The number of alkyl halides is 3. The van der Waals surface area contributed by atoms with E-state index in [0.29, 0.717) is 0 Å². The predicted molar refractivity (Wildman–Crippen MR) is 72.3 cm³/mol. The molecule has 0 aromatic carbocycles. The maximum atomic E-state index is 6.58. The van der Waals surface area contributed by atoms with Gasteiger partial charge in [0.1, 0.15) is 0 Å². The Labute approximate surface area is 110 Å². The van der Waals surface area contributed by atoms with Crippen molar-refractivity contribution in [3.05, 3.63) is 6.92 Å². The van der Waals surface area contributed by atoms with Gasteiger partial charge in [0, 0.05) is 16.6 Å². The van der Waals surface area contributed by atoms with E-state index < -0.39 is 0 Å². The first-order valence-electron chi connectivity index (χ1n) is 5.78. The van der Waals surface area contributed by atoms with Crippen molar-refractivity contribution in [3.8, 4) is 0 Å². The molecule has 0 aromatic heterocycles. The van der Waals surface area contributed by atoms with Crippen LogP contribution in [0.2, 0.25) is 0 Å². The summed E-state index contributed by atoms with van der Waals surface area (Å²) in [6, 6.07) is 0. The van der Waals surface area contributed by atoms with Crippen LogP contribution in [0.5, 0.6) is 0 Å². The highest BCUT2D eigenvalue weighted by atomic mass is 35.5. The fourth-order valence-corrected chi connectivity index (χ4v) is 2.54. The fourth-order valence-electron chi connectivity index (χ4n) is 1.76. The Morgan fingerprint density at radius 2 is 1.27 bits per heavy atom. The first-order chi connectivity index (χ1) is 7.18. The molecular formula is C12H22Cl3. The van der Waals surface area contributed by atoms with Gasteiger partial charge in [0.25, 0.3) is 0 Å². The minimum atomic E-state index is -0.0557. The minimum Gasteiger partial charge on any atom is -0.127 e. The topological polar surface area (TPSA) is 0 Å². The van der Waals surface area contributed by atoms with E-state index in [4.69, 9.17) is 34.8 Å². The van der Waals surface area contributed by atoms with Gasteiger partial charge in [0.05, 0.1) is 0 Å². The zero-order chi connectivity index (χ0) is 11.6. The van der Waals surface area contributed by atoms with Crippen LogP contribution in [0, 0.1) is 6.92 Å². The van der Waals surface area contributed by atoms with Gasteiger partial charge in [-0.25, -0.2) is 0 Å². The summed E-state index contributed by atoms with van der Waals surface area (Å²) in [7, 11) is 0. The Morgan fingerprint density at radius 1 is 0.800 bits per heavy atom. The highest BCUT2D eigenvalue weighted by Crippen LogP contribution is 2.33. The second-order valence-corrected chi connectivity index (χ2v) is 5.60. The van der Waals surface area contributed by atoms with Gasteiger partial charge in [-0.15, -0.1) is 34.8 Å². The maximum Gasteiger partial charge on any atom is 0.0446 e. The van der Waals surface area contributed by atoms with Crippen molar-refractivity contribution in [3.63, 3.8) is 0 Å². The average molecular weight is 273 g/mol. The molecule has 0 fully saturated rings. The predicted octanol–water partition coefficient (Wildman–Crippen LogP) is 5.40. The summed E-state index contributed by atoms with van der Waals surface area (Å²) in [5, 5.41) is 0. The van der Waals surface area contributed by atoms with Gasteiger partial charge >= 0.3 is 0 Å². The number of rotatable bonds is 10. The standard InChI is InChI=1S/C12H22Cl3/c1-2-7-12(15,8-3-5-10-13)9-4-6-11-14/h1-11H2. The lowest BCUT2D eigenvalue weighted by Crippen LogP contribution is -2.21. The molecule has 0 rings (SSSR count). The van der Waals surface area contributed by atoms with E-state index in [-0.39, 0.29) is 4.87 Å². The number of halogens is 3. The van der Waals surface area contributed by atoms with Crippen molar-refractivity contribution in [1.82, 2.24) is 0 Å². The van der Waals surface area contributed by atoms with Crippen LogP contribution in [0.4, 0.5) is 0 Å². The van der Waals surface area contributed by atoms with Crippen LogP contribution in [0.25, 0.3) is 0 Å². The molecule has 0 aliphatic carbocycles. The van der Waals surface area contributed by atoms with Crippen molar-refractivity contribution in [2.45, 2.75) is 56.2 Å². The summed E-state index contributed by atoms with van der Waals surface area (Å²) in [4.78, 5) is -0.0557. The molecule has 0 atom stereocenters. The van der Waals surface area contributed by atoms with E-state index in [0.717, 1.165) is 63.1 Å². The third-order valence-corrected chi connectivity index (χ3v) is 3.74. The molecule has 0 nitrogen and oxygen atoms in total. The Bertz CT molecular complexity index is 127. The molecule has 0 aliphatic heterocycles.